The van der Waals surface area contributed by atoms with Crippen molar-refractivity contribution in [3.05, 3.63) is 86.8 Å². The molecule has 0 bridgehead atoms. The van der Waals surface area contributed by atoms with E-state index in [4.69, 9.17) is 11.6 Å². The Morgan fingerprint density at radius 3 is 2.48 bits per heavy atom. The molecule has 3 aromatic rings. The Morgan fingerprint density at radius 2 is 1.79 bits per heavy atom. The number of anilines is 1. The van der Waals surface area contributed by atoms with Crippen molar-refractivity contribution in [3.63, 3.8) is 0 Å². The van der Waals surface area contributed by atoms with Crippen LogP contribution in [0.5, 0.6) is 0 Å². The van der Waals surface area contributed by atoms with E-state index in [0.717, 1.165) is 23.5 Å². The molecule has 3 rings (SSSR count). The zero-order valence-electron chi connectivity index (χ0n) is 15.6. The monoisotopic (exact) mass is 434 g/mol. The van der Waals surface area contributed by atoms with Gasteiger partial charge in [0.05, 0.1) is 26.5 Å². The second-order valence-corrected chi connectivity index (χ2v) is 7.88. The lowest BCUT2D eigenvalue weighted by molar-refractivity contribution is 0.0942. The summed E-state index contributed by atoms with van der Waals surface area (Å²) in [6, 6.07) is 10.9. The fraction of sp³-hybridized carbons (Fsp3) is 0.143. The van der Waals surface area contributed by atoms with Gasteiger partial charge >= 0.3 is 0 Å². The minimum absolute atomic E-state index is 0.182. The Balaban J connectivity index is 1.73. The van der Waals surface area contributed by atoms with Crippen molar-refractivity contribution in [3.8, 4) is 0 Å². The van der Waals surface area contributed by atoms with Crippen LogP contribution in [0, 0.1) is 18.6 Å². The Hall–Kier alpha value is -2.77. The first-order valence-electron chi connectivity index (χ1n) is 8.68. The molecule has 29 heavy (non-hydrogen) atoms. The first-order chi connectivity index (χ1) is 13.8. The summed E-state index contributed by atoms with van der Waals surface area (Å²) in [6.07, 6.45) is 0. The maximum absolute atomic E-state index is 13.9. The number of halogens is 3. The lowest BCUT2D eigenvalue weighted by atomic mass is 10.1. The van der Waals surface area contributed by atoms with E-state index in [2.05, 4.69) is 10.6 Å². The minimum Gasteiger partial charge on any atom is -0.345 e. The maximum Gasteiger partial charge on any atom is 0.262 e. The van der Waals surface area contributed by atoms with E-state index < -0.39 is 23.6 Å². The third-order valence-electron chi connectivity index (χ3n) is 4.26. The smallest absolute Gasteiger partial charge is 0.262 e. The van der Waals surface area contributed by atoms with E-state index in [-0.39, 0.29) is 11.5 Å². The molecule has 150 valence electrons. The van der Waals surface area contributed by atoms with Crippen LogP contribution >= 0.6 is 22.9 Å². The highest BCUT2D eigenvalue weighted by molar-refractivity contribution is 7.18. The van der Waals surface area contributed by atoms with Crippen LogP contribution in [0.4, 0.5) is 13.8 Å². The average molecular weight is 435 g/mol. The predicted octanol–water partition coefficient (Wildman–Crippen LogP) is 5.73. The van der Waals surface area contributed by atoms with Crippen molar-refractivity contribution in [2.45, 2.75) is 19.9 Å². The molecule has 0 aliphatic heterocycles. The van der Waals surface area contributed by atoms with Crippen molar-refractivity contribution in [1.29, 1.82) is 0 Å². The van der Waals surface area contributed by atoms with Gasteiger partial charge in [-0.25, -0.2) is 8.78 Å². The topological polar surface area (TPSA) is 58.2 Å². The molecular formula is C21H17ClF2N2O2S. The minimum atomic E-state index is -0.728. The fourth-order valence-corrected chi connectivity index (χ4v) is 3.98. The fourth-order valence-electron chi connectivity index (χ4n) is 2.79. The summed E-state index contributed by atoms with van der Waals surface area (Å²) in [7, 11) is 0. The summed E-state index contributed by atoms with van der Waals surface area (Å²) in [5, 5.41) is 6.24. The SMILES string of the molecule is Cc1cc(NC(=O)c2ccccc2Cl)sc1C(=O)NC(C)c1ccc(F)cc1F. The summed E-state index contributed by atoms with van der Waals surface area (Å²) >= 11 is 7.13. The number of benzene rings is 2. The predicted molar refractivity (Wildman–Crippen MR) is 111 cm³/mol. The maximum atomic E-state index is 13.9. The van der Waals surface area contributed by atoms with Gasteiger partial charge in [-0.15, -0.1) is 11.3 Å². The number of rotatable bonds is 5. The molecule has 8 heteroatoms. The summed E-state index contributed by atoms with van der Waals surface area (Å²) < 4.78 is 27.0. The molecule has 2 N–H and O–H groups in total. The Labute approximate surface area is 175 Å². The number of thiophene rings is 1. The molecular weight excluding hydrogens is 418 g/mol. The molecule has 1 heterocycles. The number of carbonyl (C=O) groups is 2. The van der Waals surface area contributed by atoms with Crippen LogP contribution in [0.25, 0.3) is 0 Å². The van der Waals surface area contributed by atoms with E-state index in [1.54, 1.807) is 44.2 Å². The van der Waals surface area contributed by atoms with Crippen LogP contribution in [0.3, 0.4) is 0 Å². The molecule has 0 radical (unpaired) electrons. The van der Waals surface area contributed by atoms with Crippen molar-refractivity contribution in [1.82, 2.24) is 5.32 Å². The number of hydrogen-bond acceptors (Lipinski definition) is 3. The van der Waals surface area contributed by atoms with Gasteiger partial charge in [-0.1, -0.05) is 29.8 Å². The summed E-state index contributed by atoms with van der Waals surface area (Å²) in [5.41, 5.74) is 1.17. The van der Waals surface area contributed by atoms with Crippen LogP contribution in [0.2, 0.25) is 5.02 Å². The van der Waals surface area contributed by atoms with Crippen molar-refractivity contribution < 1.29 is 18.4 Å². The molecule has 1 aromatic heterocycles. The van der Waals surface area contributed by atoms with Gasteiger partial charge < -0.3 is 10.6 Å². The third-order valence-corrected chi connectivity index (χ3v) is 5.74. The number of hydrogen-bond donors (Lipinski definition) is 2. The van der Waals surface area contributed by atoms with E-state index in [9.17, 15) is 18.4 Å². The number of amides is 2. The molecule has 1 unspecified atom stereocenters. The van der Waals surface area contributed by atoms with Crippen LogP contribution in [-0.4, -0.2) is 11.8 Å². The van der Waals surface area contributed by atoms with E-state index in [0.29, 0.717) is 26.0 Å². The zero-order valence-corrected chi connectivity index (χ0v) is 17.1. The van der Waals surface area contributed by atoms with Crippen molar-refractivity contribution in [2.75, 3.05) is 5.32 Å². The molecule has 2 amide bonds. The molecule has 4 nitrogen and oxygen atoms in total. The number of nitrogens with one attached hydrogen (secondary N) is 2. The van der Waals surface area contributed by atoms with Crippen LogP contribution in [0.1, 0.15) is 44.1 Å². The zero-order chi connectivity index (χ0) is 21.1. The lowest BCUT2D eigenvalue weighted by Crippen LogP contribution is -2.27. The second kappa shape index (κ2) is 8.71. The normalized spacial score (nSPS) is 11.8. The molecule has 0 spiro atoms. The first-order valence-corrected chi connectivity index (χ1v) is 9.88. The highest BCUT2D eigenvalue weighted by atomic mass is 35.5. The second-order valence-electron chi connectivity index (χ2n) is 6.42. The highest BCUT2D eigenvalue weighted by Gasteiger charge is 2.20. The highest BCUT2D eigenvalue weighted by Crippen LogP contribution is 2.29. The van der Waals surface area contributed by atoms with Gasteiger partial charge in [0, 0.05) is 11.6 Å². The molecule has 0 fully saturated rings. The number of aryl methyl sites for hydroxylation is 1. The molecule has 0 saturated heterocycles. The third kappa shape index (κ3) is 4.81. The molecule has 0 aliphatic rings. The molecule has 1 atom stereocenters. The van der Waals surface area contributed by atoms with Crippen LogP contribution in [-0.2, 0) is 0 Å². The number of carbonyl (C=O) groups excluding carboxylic acids is 2. The summed E-state index contributed by atoms with van der Waals surface area (Å²) in [4.78, 5) is 25.4. The van der Waals surface area contributed by atoms with Crippen LogP contribution < -0.4 is 10.6 Å². The largest absolute Gasteiger partial charge is 0.345 e. The van der Waals surface area contributed by atoms with E-state index in [1.165, 1.54) is 6.07 Å². The van der Waals surface area contributed by atoms with Gasteiger partial charge in [0.1, 0.15) is 11.6 Å². The van der Waals surface area contributed by atoms with Gasteiger partial charge in [-0.05, 0) is 43.7 Å². The van der Waals surface area contributed by atoms with E-state index in [1.807, 2.05) is 0 Å². The Morgan fingerprint density at radius 1 is 1.07 bits per heavy atom. The average Bonchev–Trinajstić information content (AvgIpc) is 3.02. The van der Waals surface area contributed by atoms with E-state index >= 15 is 0 Å². The Kier molecular flexibility index (Phi) is 6.30. The van der Waals surface area contributed by atoms with Gasteiger partial charge in [-0.3, -0.25) is 9.59 Å². The summed E-state index contributed by atoms with van der Waals surface area (Å²) in [5.74, 6) is -2.21. The summed E-state index contributed by atoms with van der Waals surface area (Å²) in [6.45, 7) is 3.34. The van der Waals surface area contributed by atoms with Gasteiger partial charge in [-0.2, -0.15) is 0 Å². The van der Waals surface area contributed by atoms with Gasteiger partial charge in [0.2, 0.25) is 0 Å². The first kappa shape index (κ1) is 21.0. The van der Waals surface area contributed by atoms with Gasteiger partial charge in [0.25, 0.3) is 11.8 Å². The van der Waals surface area contributed by atoms with Crippen LogP contribution in [0.15, 0.2) is 48.5 Å². The quantitative estimate of drug-likeness (QED) is 0.538. The molecule has 0 aliphatic carbocycles. The van der Waals surface area contributed by atoms with Crippen molar-refractivity contribution in [2.24, 2.45) is 0 Å². The van der Waals surface area contributed by atoms with Gasteiger partial charge in [0.15, 0.2) is 0 Å². The lowest BCUT2D eigenvalue weighted by Gasteiger charge is -2.15. The Bertz CT molecular complexity index is 1080. The standard InChI is InChI=1S/C21H17ClF2N2O2S/c1-11-9-18(26-20(27)15-5-3-4-6-16(15)22)29-19(11)21(28)25-12(2)14-8-7-13(23)10-17(14)24/h3-10,12H,1-2H3,(H,25,28)(H,26,27). The molecule has 2 aromatic carbocycles. The van der Waals surface area contributed by atoms with Crippen molar-refractivity contribution >= 4 is 39.8 Å². The molecule has 0 saturated carbocycles.